The molecule has 1 aliphatic heterocycles. The molecule has 0 amide bonds. The van der Waals surface area contributed by atoms with Gasteiger partial charge in [-0.05, 0) is 19.8 Å². The van der Waals surface area contributed by atoms with Crippen LogP contribution >= 0.6 is 0 Å². The Morgan fingerprint density at radius 1 is 1.38 bits per heavy atom. The van der Waals surface area contributed by atoms with Gasteiger partial charge >= 0.3 is 0 Å². The number of hydrogen-bond donors (Lipinski definition) is 1. The SMILES string of the molecule is COC1CCN(c2c(N)c(C)nn2C)CC1. The molecule has 2 heterocycles. The van der Waals surface area contributed by atoms with E-state index in [0.717, 1.165) is 43.1 Å². The molecule has 0 atom stereocenters. The number of nitrogens with two attached hydrogens (primary N) is 1. The van der Waals surface area contributed by atoms with Crippen LogP contribution < -0.4 is 10.6 Å². The fourth-order valence-electron chi connectivity index (χ4n) is 2.34. The molecule has 1 aromatic heterocycles. The number of methoxy groups -OCH3 is 1. The molecule has 0 unspecified atom stereocenters. The highest BCUT2D eigenvalue weighted by Crippen LogP contribution is 2.28. The highest BCUT2D eigenvalue weighted by molar-refractivity contribution is 5.66. The second-order valence-corrected chi connectivity index (χ2v) is 4.37. The van der Waals surface area contributed by atoms with Crippen molar-refractivity contribution in [2.24, 2.45) is 7.05 Å². The maximum Gasteiger partial charge on any atom is 0.150 e. The van der Waals surface area contributed by atoms with E-state index >= 15 is 0 Å². The lowest BCUT2D eigenvalue weighted by Gasteiger charge is -2.32. The van der Waals surface area contributed by atoms with Crippen LogP contribution in [0.5, 0.6) is 0 Å². The zero-order valence-corrected chi connectivity index (χ0v) is 10.2. The van der Waals surface area contributed by atoms with Gasteiger partial charge < -0.3 is 15.4 Å². The largest absolute Gasteiger partial charge is 0.394 e. The first-order valence-corrected chi connectivity index (χ1v) is 5.70. The van der Waals surface area contributed by atoms with Crippen molar-refractivity contribution in [3.05, 3.63) is 5.69 Å². The zero-order chi connectivity index (χ0) is 11.7. The standard InChI is InChI=1S/C11H20N4O/c1-8-10(12)11(14(2)13-8)15-6-4-9(16-3)5-7-15/h9H,4-7,12H2,1-3H3. The molecular formula is C11H20N4O. The molecule has 16 heavy (non-hydrogen) atoms. The minimum absolute atomic E-state index is 0.395. The van der Waals surface area contributed by atoms with Crippen molar-refractivity contribution < 1.29 is 4.74 Å². The molecule has 5 heteroatoms. The Balaban J connectivity index is 2.14. The van der Waals surface area contributed by atoms with E-state index in [9.17, 15) is 0 Å². The van der Waals surface area contributed by atoms with Crippen molar-refractivity contribution >= 4 is 11.5 Å². The van der Waals surface area contributed by atoms with E-state index in [1.54, 1.807) is 7.11 Å². The summed E-state index contributed by atoms with van der Waals surface area (Å²) < 4.78 is 7.23. The van der Waals surface area contributed by atoms with Crippen LogP contribution in [0.15, 0.2) is 0 Å². The van der Waals surface area contributed by atoms with E-state index in [-0.39, 0.29) is 0 Å². The Morgan fingerprint density at radius 2 is 2.00 bits per heavy atom. The Morgan fingerprint density at radius 3 is 2.44 bits per heavy atom. The van der Waals surface area contributed by atoms with Crippen LogP contribution in [0.3, 0.4) is 0 Å². The minimum atomic E-state index is 0.395. The monoisotopic (exact) mass is 224 g/mol. The Bertz CT molecular complexity index is 366. The van der Waals surface area contributed by atoms with E-state index in [4.69, 9.17) is 10.5 Å². The highest BCUT2D eigenvalue weighted by Gasteiger charge is 2.23. The van der Waals surface area contributed by atoms with E-state index in [2.05, 4.69) is 10.00 Å². The lowest BCUT2D eigenvalue weighted by Crippen LogP contribution is -2.38. The fraction of sp³-hybridized carbons (Fsp3) is 0.727. The van der Waals surface area contributed by atoms with Crippen LogP contribution in [0.4, 0.5) is 11.5 Å². The van der Waals surface area contributed by atoms with Gasteiger partial charge in [-0.2, -0.15) is 5.10 Å². The van der Waals surface area contributed by atoms with Crippen LogP contribution in [0, 0.1) is 6.92 Å². The number of aromatic nitrogens is 2. The maximum atomic E-state index is 6.05. The molecule has 90 valence electrons. The van der Waals surface area contributed by atoms with Crippen molar-refractivity contribution in [3.8, 4) is 0 Å². The summed E-state index contributed by atoms with van der Waals surface area (Å²) >= 11 is 0. The predicted molar refractivity (Wildman–Crippen MR) is 64.6 cm³/mol. The average molecular weight is 224 g/mol. The van der Waals surface area contributed by atoms with Crippen molar-refractivity contribution in [1.29, 1.82) is 0 Å². The molecule has 1 aromatic rings. The number of nitrogens with zero attached hydrogens (tertiary/aromatic N) is 3. The van der Waals surface area contributed by atoms with E-state index in [1.807, 2.05) is 18.7 Å². The topological polar surface area (TPSA) is 56.3 Å². The Kier molecular flexibility index (Phi) is 3.05. The van der Waals surface area contributed by atoms with Crippen LogP contribution in [0.2, 0.25) is 0 Å². The molecule has 0 aliphatic carbocycles. The van der Waals surface area contributed by atoms with Crippen molar-refractivity contribution in [2.75, 3.05) is 30.8 Å². The molecule has 0 aromatic carbocycles. The summed E-state index contributed by atoms with van der Waals surface area (Å²) in [5.74, 6) is 1.05. The van der Waals surface area contributed by atoms with E-state index < -0.39 is 0 Å². The van der Waals surface area contributed by atoms with Crippen LogP contribution in [-0.4, -0.2) is 36.1 Å². The molecule has 5 nitrogen and oxygen atoms in total. The molecule has 2 rings (SSSR count). The number of hydrogen-bond acceptors (Lipinski definition) is 4. The van der Waals surface area contributed by atoms with Gasteiger partial charge in [-0.1, -0.05) is 0 Å². The number of aryl methyl sites for hydroxylation is 2. The van der Waals surface area contributed by atoms with Gasteiger partial charge in [0.1, 0.15) is 5.82 Å². The highest BCUT2D eigenvalue weighted by atomic mass is 16.5. The van der Waals surface area contributed by atoms with Gasteiger partial charge in [-0.3, -0.25) is 4.68 Å². The first kappa shape index (κ1) is 11.3. The third kappa shape index (κ3) is 1.87. The van der Waals surface area contributed by atoms with Crippen molar-refractivity contribution in [2.45, 2.75) is 25.9 Å². The van der Waals surface area contributed by atoms with Gasteiger partial charge in [-0.15, -0.1) is 0 Å². The van der Waals surface area contributed by atoms with Crippen molar-refractivity contribution in [3.63, 3.8) is 0 Å². The molecule has 1 saturated heterocycles. The smallest absolute Gasteiger partial charge is 0.150 e. The molecule has 0 bridgehead atoms. The lowest BCUT2D eigenvalue weighted by atomic mass is 10.1. The molecule has 2 N–H and O–H groups in total. The molecule has 0 saturated carbocycles. The fourth-order valence-corrected chi connectivity index (χ4v) is 2.34. The molecule has 0 radical (unpaired) electrons. The van der Waals surface area contributed by atoms with Gasteiger partial charge in [0.05, 0.1) is 17.5 Å². The lowest BCUT2D eigenvalue weighted by molar-refractivity contribution is 0.0817. The number of nitrogen functional groups attached to an aromatic ring is 1. The van der Waals surface area contributed by atoms with Gasteiger partial charge in [0, 0.05) is 27.2 Å². The minimum Gasteiger partial charge on any atom is -0.394 e. The molecule has 1 aliphatic rings. The summed E-state index contributed by atoms with van der Waals surface area (Å²) in [5, 5.41) is 4.34. The quantitative estimate of drug-likeness (QED) is 0.812. The van der Waals surface area contributed by atoms with Gasteiger partial charge in [-0.25, -0.2) is 0 Å². The van der Waals surface area contributed by atoms with Crippen molar-refractivity contribution in [1.82, 2.24) is 9.78 Å². The maximum absolute atomic E-state index is 6.05. The van der Waals surface area contributed by atoms with Crippen LogP contribution in [0.1, 0.15) is 18.5 Å². The summed E-state index contributed by atoms with van der Waals surface area (Å²) in [6.45, 7) is 3.92. The summed E-state index contributed by atoms with van der Waals surface area (Å²) in [7, 11) is 3.73. The van der Waals surface area contributed by atoms with E-state index in [0.29, 0.717) is 6.10 Å². The third-order valence-electron chi connectivity index (χ3n) is 3.31. The summed E-state index contributed by atoms with van der Waals surface area (Å²) in [6, 6.07) is 0. The first-order chi connectivity index (χ1) is 7.63. The van der Waals surface area contributed by atoms with E-state index in [1.165, 1.54) is 0 Å². The second-order valence-electron chi connectivity index (χ2n) is 4.37. The normalized spacial score (nSPS) is 18.1. The molecular weight excluding hydrogens is 204 g/mol. The Hall–Kier alpha value is -1.23. The van der Waals surface area contributed by atoms with Gasteiger partial charge in [0.15, 0.2) is 0 Å². The molecule has 1 fully saturated rings. The first-order valence-electron chi connectivity index (χ1n) is 5.70. The number of rotatable bonds is 2. The number of ether oxygens (including phenoxy) is 1. The molecule has 0 spiro atoms. The summed E-state index contributed by atoms with van der Waals surface area (Å²) in [4.78, 5) is 2.30. The van der Waals surface area contributed by atoms with Crippen LogP contribution in [0.25, 0.3) is 0 Å². The zero-order valence-electron chi connectivity index (χ0n) is 10.2. The van der Waals surface area contributed by atoms with Gasteiger partial charge in [0.25, 0.3) is 0 Å². The summed E-state index contributed by atoms with van der Waals surface area (Å²) in [6.07, 6.45) is 2.51. The number of anilines is 2. The Labute approximate surface area is 96.2 Å². The van der Waals surface area contributed by atoms with Gasteiger partial charge in [0.2, 0.25) is 0 Å². The number of piperidine rings is 1. The van der Waals surface area contributed by atoms with Crippen LogP contribution in [-0.2, 0) is 11.8 Å². The predicted octanol–water partition coefficient (Wildman–Crippen LogP) is 0.926. The second kappa shape index (κ2) is 4.33. The third-order valence-corrected chi connectivity index (χ3v) is 3.31. The summed E-state index contributed by atoms with van der Waals surface area (Å²) in [5.41, 5.74) is 7.76. The average Bonchev–Trinajstić information content (AvgIpc) is 2.54.